The van der Waals surface area contributed by atoms with Gasteiger partial charge in [-0.2, -0.15) is 13.2 Å². The van der Waals surface area contributed by atoms with Gasteiger partial charge >= 0.3 is 12.1 Å². The number of carboxylic acid groups (broad SMARTS) is 1. The van der Waals surface area contributed by atoms with E-state index in [0.717, 1.165) is 12.1 Å². The van der Waals surface area contributed by atoms with Crippen LogP contribution in [0.2, 0.25) is 5.02 Å². The van der Waals surface area contributed by atoms with Gasteiger partial charge in [0.2, 0.25) is 0 Å². The molecule has 0 aliphatic heterocycles. The van der Waals surface area contributed by atoms with Gasteiger partial charge in [0.1, 0.15) is 0 Å². The Balaban J connectivity index is 3.49. The molecule has 1 aromatic carbocycles. The summed E-state index contributed by atoms with van der Waals surface area (Å²) >= 11 is 5.56. The number of carboxylic acids is 1. The van der Waals surface area contributed by atoms with Crippen LogP contribution >= 0.6 is 11.6 Å². The first-order valence-corrected chi connectivity index (χ1v) is 4.89. The largest absolute Gasteiger partial charge is 0.480 e. The van der Waals surface area contributed by atoms with Crippen molar-refractivity contribution in [3.8, 4) is 0 Å². The van der Waals surface area contributed by atoms with E-state index >= 15 is 0 Å². The average Bonchev–Trinajstić information content (AvgIpc) is 2.16. The maximum absolute atomic E-state index is 12.9. The van der Waals surface area contributed by atoms with Crippen LogP contribution in [0, 0.1) is 0 Å². The van der Waals surface area contributed by atoms with Gasteiger partial charge in [-0.25, -0.2) is 0 Å². The van der Waals surface area contributed by atoms with E-state index in [4.69, 9.17) is 22.4 Å². The molecule has 7 heteroatoms. The van der Waals surface area contributed by atoms with E-state index in [1.807, 2.05) is 0 Å². The van der Waals surface area contributed by atoms with Crippen molar-refractivity contribution in [3.63, 3.8) is 0 Å². The Hall–Kier alpha value is -1.27. The number of nitrogens with two attached hydrogens (primary N) is 1. The lowest BCUT2D eigenvalue weighted by molar-refractivity contribution is -0.203. The van der Waals surface area contributed by atoms with E-state index in [9.17, 15) is 18.0 Å². The molecule has 0 heterocycles. The van der Waals surface area contributed by atoms with Crippen molar-refractivity contribution in [1.29, 1.82) is 0 Å². The summed E-state index contributed by atoms with van der Waals surface area (Å²) in [5.41, 5.74) is 1.43. The lowest BCUT2D eigenvalue weighted by atomic mass is 9.80. The summed E-state index contributed by atoms with van der Waals surface area (Å²) in [6.07, 6.45) is -5.00. The number of benzene rings is 1. The first-order valence-electron chi connectivity index (χ1n) is 4.52. The van der Waals surface area contributed by atoms with Gasteiger partial charge in [-0.15, -0.1) is 0 Å². The highest BCUT2D eigenvalue weighted by Crippen LogP contribution is 2.41. The molecule has 17 heavy (non-hydrogen) atoms. The predicted molar refractivity (Wildman–Crippen MR) is 55.9 cm³/mol. The first-order chi connectivity index (χ1) is 7.75. The molecule has 1 atom stereocenters. The zero-order valence-corrected chi connectivity index (χ0v) is 9.22. The molecule has 1 unspecified atom stereocenters. The molecule has 3 nitrogen and oxygen atoms in total. The second-order valence-electron chi connectivity index (χ2n) is 3.42. The highest BCUT2D eigenvalue weighted by atomic mass is 35.5. The molecule has 0 aliphatic carbocycles. The molecule has 0 bridgehead atoms. The summed E-state index contributed by atoms with van der Waals surface area (Å²) in [6, 6.07) is 4.59. The molecule has 0 aliphatic rings. The summed E-state index contributed by atoms with van der Waals surface area (Å²) in [6.45, 7) is -1.09. The van der Waals surface area contributed by atoms with E-state index in [-0.39, 0.29) is 5.02 Å². The van der Waals surface area contributed by atoms with Gasteiger partial charge in [-0.1, -0.05) is 23.7 Å². The quantitative estimate of drug-likeness (QED) is 0.882. The normalized spacial score (nSPS) is 15.4. The summed E-state index contributed by atoms with van der Waals surface area (Å²) in [4.78, 5) is 11.0. The fourth-order valence-corrected chi connectivity index (χ4v) is 1.67. The van der Waals surface area contributed by atoms with Gasteiger partial charge in [-0.3, -0.25) is 4.79 Å². The van der Waals surface area contributed by atoms with Crippen molar-refractivity contribution < 1.29 is 23.1 Å². The summed E-state index contributed by atoms with van der Waals surface area (Å²) in [5.74, 6) is -2.05. The minimum Gasteiger partial charge on any atom is -0.480 e. The lowest BCUT2D eigenvalue weighted by Crippen LogP contribution is -2.54. The first kappa shape index (κ1) is 13.8. The van der Waals surface area contributed by atoms with Crippen LogP contribution in [0.4, 0.5) is 13.2 Å². The second-order valence-corrected chi connectivity index (χ2v) is 3.86. The molecule has 94 valence electrons. The number of aliphatic carboxylic acids is 1. The molecule has 0 aromatic heterocycles. The zero-order valence-electron chi connectivity index (χ0n) is 8.46. The number of carbonyl (C=O) groups is 1. The third-order valence-electron chi connectivity index (χ3n) is 2.47. The smallest absolute Gasteiger partial charge is 0.410 e. The van der Waals surface area contributed by atoms with Crippen molar-refractivity contribution in [2.75, 3.05) is 6.54 Å². The SMILES string of the molecule is NCC(C(=O)O)(c1cccc(Cl)c1)C(F)(F)F. The molecule has 0 saturated heterocycles. The Morgan fingerprint density at radius 2 is 2.00 bits per heavy atom. The monoisotopic (exact) mass is 267 g/mol. The van der Waals surface area contributed by atoms with Gasteiger partial charge in [0.05, 0.1) is 0 Å². The Labute approximate surface area is 100.0 Å². The zero-order chi connectivity index (χ0) is 13.3. The third kappa shape index (κ3) is 2.23. The van der Waals surface area contributed by atoms with Crippen LogP contribution in [-0.2, 0) is 10.2 Å². The minimum absolute atomic E-state index is 0.0193. The van der Waals surface area contributed by atoms with Gasteiger partial charge in [0.15, 0.2) is 5.41 Å². The number of hydrogen-bond donors (Lipinski definition) is 2. The summed E-state index contributed by atoms with van der Waals surface area (Å²) < 4.78 is 38.8. The van der Waals surface area contributed by atoms with E-state index in [2.05, 4.69) is 0 Å². The molecule has 1 aromatic rings. The fraction of sp³-hybridized carbons (Fsp3) is 0.300. The minimum atomic E-state index is -5.00. The van der Waals surface area contributed by atoms with Gasteiger partial charge in [0.25, 0.3) is 0 Å². The molecule has 1 rings (SSSR count). The van der Waals surface area contributed by atoms with Crippen LogP contribution in [-0.4, -0.2) is 23.8 Å². The van der Waals surface area contributed by atoms with Crippen LogP contribution in [0.25, 0.3) is 0 Å². The highest BCUT2D eigenvalue weighted by molar-refractivity contribution is 6.30. The van der Waals surface area contributed by atoms with E-state index in [1.165, 1.54) is 12.1 Å². The standard InChI is InChI=1S/C10H9ClF3NO2/c11-7-3-1-2-6(4-7)9(5-15,8(16)17)10(12,13)14/h1-4H,5,15H2,(H,16,17). The van der Waals surface area contributed by atoms with Crippen LogP contribution in [0.1, 0.15) is 5.56 Å². The average molecular weight is 268 g/mol. The Bertz CT molecular complexity index is 436. The maximum atomic E-state index is 12.9. The van der Waals surface area contributed by atoms with E-state index in [1.54, 1.807) is 0 Å². The molecule has 0 saturated carbocycles. The molecular formula is C10H9ClF3NO2. The van der Waals surface area contributed by atoms with Crippen LogP contribution < -0.4 is 5.73 Å². The van der Waals surface area contributed by atoms with Crippen molar-refractivity contribution in [2.24, 2.45) is 5.73 Å². The van der Waals surface area contributed by atoms with Gasteiger partial charge < -0.3 is 10.8 Å². The van der Waals surface area contributed by atoms with Crippen molar-refractivity contribution >= 4 is 17.6 Å². The topological polar surface area (TPSA) is 63.3 Å². The number of alkyl halides is 3. The molecular weight excluding hydrogens is 259 g/mol. The molecule has 0 amide bonds. The van der Waals surface area contributed by atoms with Crippen molar-refractivity contribution in [1.82, 2.24) is 0 Å². The molecule has 0 fully saturated rings. The highest BCUT2D eigenvalue weighted by Gasteiger charge is 2.61. The Kier molecular flexibility index (Phi) is 3.68. The predicted octanol–water partition coefficient (Wildman–Crippen LogP) is 2.18. The third-order valence-corrected chi connectivity index (χ3v) is 2.71. The van der Waals surface area contributed by atoms with Crippen LogP contribution in [0.3, 0.4) is 0 Å². The Morgan fingerprint density at radius 3 is 2.35 bits per heavy atom. The van der Waals surface area contributed by atoms with Gasteiger partial charge in [-0.05, 0) is 17.7 Å². The summed E-state index contributed by atoms with van der Waals surface area (Å²) in [7, 11) is 0. The summed E-state index contributed by atoms with van der Waals surface area (Å²) in [5, 5.41) is 8.88. The number of hydrogen-bond acceptors (Lipinski definition) is 2. The van der Waals surface area contributed by atoms with E-state index < -0.39 is 29.7 Å². The molecule has 0 spiro atoms. The van der Waals surface area contributed by atoms with Gasteiger partial charge in [0, 0.05) is 11.6 Å². The molecule has 3 N–H and O–H groups in total. The number of rotatable bonds is 3. The van der Waals surface area contributed by atoms with Crippen LogP contribution in [0.5, 0.6) is 0 Å². The fourth-order valence-electron chi connectivity index (χ4n) is 1.48. The second kappa shape index (κ2) is 4.54. The number of halogens is 4. The molecule has 0 radical (unpaired) electrons. The van der Waals surface area contributed by atoms with E-state index in [0.29, 0.717) is 0 Å². The Morgan fingerprint density at radius 1 is 1.41 bits per heavy atom. The van der Waals surface area contributed by atoms with Crippen molar-refractivity contribution in [2.45, 2.75) is 11.6 Å². The van der Waals surface area contributed by atoms with Crippen molar-refractivity contribution in [3.05, 3.63) is 34.9 Å². The van der Waals surface area contributed by atoms with Crippen LogP contribution in [0.15, 0.2) is 24.3 Å². The lowest BCUT2D eigenvalue weighted by Gasteiger charge is -2.30. The maximum Gasteiger partial charge on any atom is 0.410 e.